The van der Waals surface area contributed by atoms with E-state index < -0.39 is 5.41 Å². The van der Waals surface area contributed by atoms with E-state index in [0.29, 0.717) is 36.3 Å². The molecule has 6 heteroatoms. The lowest BCUT2D eigenvalue weighted by atomic mass is 9.81. The van der Waals surface area contributed by atoms with E-state index in [4.69, 9.17) is 0 Å². The third kappa shape index (κ3) is 10.2. The molecule has 0 heterocycles. The third-order valence-electron chi connectivity index (χ3n) is 7.10. The van der Waals surface area contributed by atoms with E-state index in [1.54, 1.807) is 36.4 Å². The smallest absolute Gasteiger partial charge is 0.251 e. The molecule has 0 radical (unpaired) electrons. The topological polar surface area (TPSA) is 87.3 Å². The first-order valence-corrected chi connectivity index (χ1v) is 14.1. The highest BCUT2D eigenvalue weighted by atomic mass is 16.2. The summed E-state index contributed by atoms with van der Waals surface area (Å²) >= 11 is 0. The van der Waals surface area contributed by atoms with Crippen molar-refractivity contribution in [3.05, 3.63) is 120 Å². The van der Waals surface area contributed by atoms with Crippen LogP contribution >= 0.6 is 0 Å². The Hall–Kier alpha value is -4.19. The van der Waals surface area contributed by atoms with E-state index in [0.717, 1.165) is 44.9 Å². The minimum absolute atomic E-state index is 0.182. The van der Waals surface area contributed by atoms with E-state index in [-0.39, 0.29) is 17.7 Å². The molecule has 0 aliphatic heterocycles. The van der Waals surface area contributed by atoms with E-state index in [1.165, 1.54) is 0 Å². The lowest BCUT2D eigenvalue weighted by Crippen LogP contribution is -2.51. The van der Waals surface area contributed by atoms with Gasteiger partial charge in [-0.1, -0.05) is 86.4 Å². The van der Waals surface area contributed by atoms with Gasteiger partial charge in [0.15, 0.2) is 0 Å². The predicted molar refractivity (Wildman–Crippen MR) is 161 cm³/mol. The number of benzene rings is 3. The van der Waals surface area contributed by atoms with Crippen LogP contribution in [-0.2, 0) is 0 Å². The standard InChI is InChI=1S/C34H41N3O3/c1-2-3-4-5-6-7-17-24-34(25-35-31(38)28-18-11-8-12-19-28,26-36-32(39)29-20-13-9-14-21-29)27-37-33(40)30-22-15-10-16-23-30/h2,8-16,18-23H,1,3-7,17,24-27H2,(H,35,38)(H,36,39)(H,37,40). The first-order chi connectivity index (χ1) is 19.5. The lowest BCUT2D eigenvalue weighted by molar-refractivity contribution is 0.0874. The van der Waals surface area contributed by atoms with Gasteiger partial charge in [0.1, 0.15) is 0 Å². The second-order valence-electron chi connectivity index (χ2n) is 10.2. The SMILES string of the molecule is C=CCCCCCCCC(CNC(=O)c1ccccc1)(CNC(=O)c1ccccc1)CNC(=O)c1ccccc1. The summed E-state index contributed by atoms with van der Waals surface area (Å²) in [7, 11) is 0. The summed E-state index contributed by atoms with van der Waals surface area (Å²) in [6.45, 7) is 4.71. The summed E-state index contributed by atoms with van der Waals surface area (Å²) < 4.78 is 0. The molecule has 3 aromatic carbocycles. The third-order valence-corrected chi connectivity index (χ3v) is 7.10. The number of nitrogens with one attached hydrogen (secondary N) is 3. The molecule has 0 aromatic heterocycles. The lowest BCUT2D eigenvalue weighted by Gasteiger charge is -2.35. The van der Waals surface area contributed by atoms with Gasteiger partial charge >= 0.3 is 0 Å². The Balaban J connectivity index is 1.76. The number of hydrogen-bond acceptors (Lipinski definition) is 3. The number of hydrogen-bond donors (Lipinski definition) is 3. The predicted octanol–water partition coefficient (Wildman–Crippen LogP) is 6.18. The molecule has 0 unspecified atom stereocenters. The highest BCUT2D eigenvalue weighted by molar-refractivity contribution is 5.95. The van der Waals surface area contributed by atoms with Gasteiger partial charge < -0.3 is 16.0 Å². The first-order valence-electron chi connectivity index (χ1n) is 14.1. The molecule has 3 aromatic rings. The molecule has 40 heavy (non-hydrogen) atoms. The van der Waals surface area contributed by atoms with Crippen LogP contribution in [0.1, 0.15) is 76.0 Å². The number of amides is 3. The van der Waals surface area contributed by atoms with Crippen molar-refractivity contribution in [3.63, 3.8) is 0 Å². The van der Waals surface area contributed by atoms with E-state index in [2.05, 4.69) is 22.5 Å². The van der Waals surface area contributed by atoms with Gasteiger partial charge in [-0.25, -0.2) is 0 Å². The average molecular weight is 540 g/mol. The summed E-state index contributed by atoms with van der Waals surface area (Å²) in [6.07, 6.45) is 9.02. The highest BCUT2D eigenvalue weighted by Gasteiger charge is 2.32. The molecule has 0 fully saturated rings. The summed E-state index contributed by atoms with van der Waals surface area (Å²) in [4.78, 5) is 39.0. The number of rotatable bonds is 17. The zero-order valence-electron chi connectivity index (χ0n) is 23.2. The van der Waals surface area contributed by atoms with Gasteiger partial charge in [0, 0.05) is 41.7 Å². The van der Waals surface area contributed by atoms with Crippen molar-refractivity contribution in [2.75, 3.05) is 19.6 Å². The molecule has 0 aliphatic carbocycles. The molecule has 3 rings (SSSR count). The average Bonchev–Trinajstić information content (AvgIpc) is 3.01. The van der Waals surface area contributed by atoms with Crippen LogP contribution in [0.2, 0.25) is 0 Å². The van der Waals surface area contributed by atoms with Crippen LogP contribution in [0.3, 0.4) is 0 Å². The van der Waals surface area contributed by atoms with Gasteiger partial charge in [0.25, 0.3) is 17.7 Å². The minimum atomic E-state index is -0.583. The Morgan fingerprint density at radius 1 is 0.550 bits per heavy atom. The fraction of sp³-hybridized carbons (Fsp3) is 0.324. The fourth-order valence-electron chi connectivity index (χ4n) is 4.65. The number of allylic oxidation sites excluding steroid dienone is 1. The van der Waals surface area contributed by atoms with E-state index in [9.17, 15) is 14.4 Å². The Morgan fingerprint density at radius 2 is 0.900 bits per heavy atom. The van der Waals surface area contributed by atoms with Crippen LogP contribution in [0.15, 0.2) is 104 Å². The second kappa shape index (κ2) is 16.7. The van der Waals surface area contributed by atoms with Gasteiger partial charge in [-0.05, 0) is 55.7 Å². The molecule has 0 atom stereocenters. The largest absolute Gasteiger partial charge is 0.351 e. The van der Waals surface area contributed by atoms with Crippen LogP contribution in [0.4, 0.5) is 0 Å². The highest BCUT2D eigenvalue weighted by Crippen LogP contribution is 2.25. The van der Waals surface area contributed by atoms with Crippen LogP contribution in [0.5, 0.6) is 0 Å². The van der Waals surface area contributed by atoms with Crippen LogP contribution in [0.25, 0.3) is 0 Å². The molecular weight excluding hydrogens is 498 g/mol. The Kier molecular flexibility index (Phi) is 12.7. The maximum Gasteiger partial charge on any atom is 0.251 e. The molecule has 0 bridgehead atoms. The molecule has 3 amide bonds. The van der Waals surface area contributed by atoms with Crippen LogP contribution < -0.4 is 16.0 Å². The van der Waals surface area contributed by atoms with Crippen LogP contribution in [0, 0.1) is 5.41 Å². The molecular formula is C34H41N3O3. The van der Waals surface area contributed by atoms with Crippen molar-refractivity contribution in [1.82, 2.24) is 16.0 Å². The monoisotopic (exact) mass is 539 g/mol. The maximum absolute atomic E-state index is 13.0. The van der Waals surface area contributed by atoms with Gasteiger partial charge in [0.05, 0.1) is 0 Å². The summed E-state index contributed by atoms with van der Waals surface area (Å²) in [5.41, 5.74) is 1.13. The normalized spacial score (nSPS) is 10.9. The molecule has 6 nitrogen and oxygen atoms in total. The summed E-state index contributed by atoms with van der Waals surface area (Å²) in [5, 5.41) is 9.25. The van der Waals surface area contributed by atoms with Gasteiger partial charge in [-0.3, -0.25) is 14.4 Å². The Morgan fingerprint density at radius 3 is 1.27 bits per heavy atom. The summed E-state index contributed by atoms with van der Waals surface area (Å²) in [6, 6.07) is 27.2. The number of unbranched alkanes of at least 4 members (excludes halogenated alkanes) is 5. The van der Waals surface area contributed by atoms with Crippen molar-refractivity contribution >= 4 is 17.7 Å². The Bertz CT molecular complexity index is 1060. The van der Waals surface area contributed by atoms with Crippen molar-refractivity contribution in [2.45, 2.75) is 44.9 Å². The van der Waals surface area contributed by atoms with Crippen molar-refractivity contribution < 1.29 is 14.4 Å². The molecule has 0 spiro atoms. The Labute approximate surface area is 238 Å². The van der Waals surface area contributed by atoms with Crippen molar-refractivity contribution in [1.29, 1.82) is 0 Å². The quantitative estimate of drug-likeness (QED) is 0.141. The minimum Gasteiger partial charge on any atom is -0.351 e. The second-order valence-corrected chi connectivity index (χ2v) is 10.2. The van der Waals surface area contributed by atoms with Crippen molar-refractivity contribution in [3.8, 4) is 0 Å². The van der Waals surface area contributed by atoms with E-state index in [1.807, 2.05) is 60.7 Å². The number of carbonyl (C=O) groups is 3. The van der Waals surface area contributed by atoms with Gasteiger partial charge in [0.2, 0.25) is 0 Å². The molecule has 210 valence electrons. The van der Waals surface area contributed by atoms with E-state index >= 15 is 0 Å². The zero-order chi connectivity index (χ0) is 28.5. The maximum atomic E-state index is 13.0. The molecule has 0 saturated carbocycles. The molecule has 3 N–H and O–H groups in total. The summed E-state index contributed by atoms with van der Waals surface area (Å²) in [5.74, 6) is -0.547. The number of carbonyl (C=O) groups excluding carboxylic acids is 3. The van der Waals surface area contributed by atoms with Gasteiger partial charge in [-0.2, -0.15) is 0 Å². The molecule has 0 saturated heterocycles. The van der Waals surface area contributed by atoms with Crippen LogP contribution in [-0.4, -0.2) is 37.4 Å². The van der Waals surface area contributed by atoms with Crippen molar-refractivity contribution in [2.24, 2.45) is 5.41 Å². The van der Waals surface area contributed by atoms with Gasteiger partial charge in [-0.15, -0.1) is 6.58 Å². The first kappa shape index (κ1) is 30.4. The molecule has 0 aliphatic rings. The fourth-order valence-corrected chi connectivity index (χ4v) is 4.65. The zero-order valence-corrected chi connectivity index (χ0v) is 23.2.